The van der Waals surface area contributed by atoms with Gasteiger partial charge in [-0.15, -0.1) is 0 Å². The lowest BCUT2D eigenvalue weighted by Crippen LogP contribution is -2.32. The predicted octanol–water partition coefficient (Wildman–Crippen LogP) is 4.85. The molecule has 0 aliphatic carbocycles. The van der Waals surface area contributed by atoms with E-state index < -0.39 is 12.1 Å². The van der Waals surface area contributed by atoms with Crippen molar-refractivity contribution in [3.63, 3.8) is 0 Å². The Morgan fingerprint density at radius 3 is 2.48 bits per heavy atom. The van der Waals surface area contributed by atoms with Crippen molar-refractivity contribution >= 4 is 29.4 Å². The van der Waals surface area contributed by atoms with Crippen molar-refractivity contribution in [3.05, 3.63) is 58.6 Å². The van der Waals surface area contributed by atoms with Crippen LogP contribution in [-0.4, -0.2) is 25.2 Å². The topological polar surface area (TPSA) is 55.8 Å². The number of nitrogens with zero attached hydrogens (tertiary/aromatic N) is 1. The maximum absolute atomic E-state index is 12.5. The smallest absolute Gasteiger partial charge is 0.414 e. The standard InChI is InChI=1S/C19H20ClNO4/c1-4-21(19(23)24-5-2)16-11-6-8-13(3)17(16)25-18(22)14-9-7-10-15(20)12-14/h6-12H,4-5H2,1-3H3. The number of aryl methyl sites for hydroxylation is 1. The molecule has 0 fully saturated rings. The Balaban J connectivity index is 2.37. The van der Waals surface area contributed by atoms with Gasteiger partial charge in [0, 0.05) is 11.6 Å². The third kappa shape index (κ3) is 4.51. The van der Waals surface area contributed by atoms with Gasteiger partial charge in [0.15, 0.2) is 5.75 Å². The van der Waals surface area contributed by atoms with Crippen molar-refractivity contribution in [2.24, 2.45) is 0 Å². The van der Waals surface area contributed by atoms with Crippen LogP contribution in [0.5, 0.6) is 5.75 Å². The number of amides is 1. The molecule has 0 radical (unpaired) electrons. The molecule has 0 atom stereocenters. The Morgan fingerprint density at radius 2 is 1.84 bits per heavy atom. The van der Waals surface area contributed by atoms with Crippen LogP contribution in [0.2, 0.25) is 5.02 Å². The second kappa shape index (κ2) is 8.53. The van der Waals surface area contributed by atoms with E-state index in [9.17, 15) is 9.59 Å². The summed E-state index contributed by atoms with van der Waals surface area (Å²) in [6, 6.07) is 11.8. The number of halogens is 1. The molecule has 0 aliphatic heterocycles. The van der Waals surface area contributed by atoms with Gasteiger partial charge in [0.25, 0.3) is 0 Å². The molecule has 0 unspecified atom stereocenters. The molecule has 25 heavy (non-hydrogen) atoms. The summed E-state index contributed by atoms with van der Waals surface area (Å²) < 4.78 is 10.7. The number of carbonyl (C=O) groups is 2. The quantitative estimate of drug-likeness (QED) is 0.564. The first-order valence-corrected chi connectivity index (χ1v) is 8.37. The fraction of sp³-hybridized carbons (Fsp3) is 0.263. The minimum absolute atomic E-state index is 0.263. The zero-order valence-corrected chi connectivity index (χ0v) is 15.2. The van der Waals surface area contributed by atoms with Gasteiger partial charge in [0.2, 0.25) is 0 Å². The molecule has 132 valence electrons. The lowest BCUT2D eigenvalue weighted by molar-refractivity contribution is 0.0733. The minimum atomic E-state index is -0.544. The van der Waals surface area contributed by atoms with Crippen LogP contribution in [0, 0.1) is 6.92 Å². The number of para-hydroxylation sites is 1. The minimum Gasteiger partial charge on any atom is -0.449 e. The molecule has 0 saturated carbocycles. The fourth-order valence-electron chi connectivity index (χ4n) is 2.35. The van der Waals surface area contributed by atoms with Crippen LogP contribution in [0.4, 0.5) is 10.5 Å². The number of hydrogen-bond donors (Lipinski definition) is 0. The van der Waals surface area contributed by atoms with Crippen LogP contribution in [0.3, 0.4) is 0 Å². The number of benzene rings is 2. The number of rotatable bonds is 5. The Hall–Kier alpha value is -2.53. The highest BCUT2D eigenvalue weighted by Crippen LogP contribution is 2.33. The van der Waals surface area contributed by atoms with E-state index in [0.717, 1.165) is 5.56 Å². The van der Waals surface area contributed by atoms with Crippen molar-refractivity contribution in [2.75, 3.05) is 18.1 Å². The van der Waals surface area contributed by atoms with Gasteiger partial charge in [0.05, 0.1) is 17.9 Å². The first kappa shape index (κ1) is 18.8. The van der Waals surface area contributed by atoms with Gasteiger partial charge < -0.3 is 9.47 Å². The Labute approximate surface area is 152 Å². The molecule has 2 rings (SSSR count). The molecule has 0 aliphatic rings. The number of ether oxygens (including phenoxy) is 2. The number of esters is 1. The summed E-state index contributed by atoms with van der Waals surface area (Å²) in [7, 11) is 0. The van der Waals surface area contributed by atoms with Crippen molar-refractivity contribution in [2.45, 2.75) is 20.8 Å². The van der Waals surface area contributed by atoms with Gasteiger partial charge in [0.1, 0.15) is 0 Å². The second-order valence-electron chi connectivity index (χ2n) is 5.27. The van der Waals surface area contributed by atoms with E-state index in [2.05, 4.69) is 0 Å². The molecular formula is C19H20ClNO4. The number of hydrogen-bond acceptors (Lipinski definition) is 4. The van der Waals surface area contributed by atoms with Crippen molar-refractivity contribution in [1.29, 1.82) is 0 Å². The number of anilines is 1. The number of carbonyl (C=O) groups excluding carboxylic acids is 2. The van der Waals surface area contributed by atoms with Crippen molar-refractivity contribution < 1.29 is 19.1 Å². The molecule has 0 spiro atoms. The van der Waals surface area contributed by atoms with E-state index in [0.29, 0.717) is 28.6 Å². The van der Waals surface area contributed by atoms with Crippen molar-refractivity contribution in [3.8, 4) is 5.75 Å². The van der Waals surface area contributed by atoms with E-state index in [4.69, 9.17) is 21.1 Å². The molecule has 0 aromatic heterocycles. The van der Waals surface area contributed by atoms with E-state index in [-0.39, 0.29) is 6.61 Å². The summed E-state index contributed by atoms with van der Waals surface area (Å²) >= 11 is 5.93. The van der Waals surface area contributed by atoms with Crippen LogP contribution in [0.25, 0.3) is 0 Å². The summed E-state index contributed by atoms with van der Waals surface area (Å²) in [6.07, 6.45) is -0.490. The Bertz CT molecular complexity index is 776. The van der Waals surface area contributed by atoms with Crippen LogP contribution < -0.4 is 9.64 Å². The molecule has 5 nitrogen and oxygen atoms in total. The van der Waals surface area contributed by atoms with E-state index in [1.807, 2.05) is 19.9 Å². The maximum Gasteiger partial charge on any atom is 0.414 e. The maximum atomic E-state index is 12.5. The molecule has 0 N–H and O–H groups in total. The summed E-state index contributed by atoms with van der Waals surface area (Å²) in [6.45, 7) is 6.01. The first-order valence-electron chi connectivity index (χ1n) is 7.99. The highest BCUT2D eigenvalue weighted by Gasteiger charge is 2.22. The summed E-state index contributed by atoms with van der Waals surface area (Å²) in [5.74, 6) is -0.222. The van der Waals surface area contributed by atoms with Crippen LogP contribution >= 0.6 is 11.6 Å². The van der Waals surface area contributed by atoms with E-state index >= 15 is 0 Å². The first-order chi connectivity index (χ1) is 12.0. The van der Waals surface area contributed by atoms with Gasteiger partial charge in [-0.1, -0.05) is 29.8 Å². The lowest BCUT2D eigenvalue weighted by atomic mass is 10.1. The molecular weight excluding hydrogens is 342 g/mol. The summed E-state index contributed by atoms with van der Waals surface area (Å²) in [5.41, 5.74) is 1.55. The largest absolute Gasteiger partial charge is 0.449 e. The van der Waals surface area contributed by atoms with Gasteiger partial charge in [-0.2, -0.15) is 0 Å². The third-order valence-electron chi connectivity index (χ3n) is 3.54. The van der Waals surface area contributed by atoms with E-state index in [1.165, 1.54) is 11.0 Å². The normalized spacial score (nSPS) is 10.2. The van der Waals surface area contributed by atoms with E-state index in [1.54, 1.807) is 37.3 Å². The second-order valence-corrected chi connectivity index (χ2v) is 5.70. The van der Waals surface area contributed by atoms with Crippen LogP contribution in [0.15, 0.2) is 42.5 Å². The fourth-order valence-corrected chi connectivity index (χ4v) is 2.54. The zero-order chi connectivity index (χ0) is 18.4. The Kier molecular flexibility index (Phi) is 6.42. The average Bonchev–Trinajstić information content (AvgIpc) is 2.58. The summed E-state index contributed by atoms with van der Waals surface area (Å²) in [4.78, 5) is 26.1. The van der Waals surface area contributed by atoms with Gasteiger partial charge in [-0.25, -0.2) is 9.59 Å². The van der Waals surface area contributed by atoms with Crippen molar-refractivity contribution in [1.82, 2.24) is 0 Å². The molecule has 0 saturated heterocycles. The molecule has 2 aromatic rings. The molecule has 6 heteroatoms. The Morgan fingerprint density at radius 1 is 1.12 bits per heavy atom. The zero-order valence-electron chi connectivity index (χ0n) is 14.4. The van der Waals surface area contributed by atoms with Gasteiger partial charge in [-0.3, -0.25) is 4.90 Å². The van der Waals surface area contributed by atoms with Crippen LogP contribution in [-0.2, 0) is 4.74 Å². The SMILES string of the molecule is CCOC(=O)N(CC)c1cccc(C)c1OC(=O)c1cccc(Cl)c1. The predicted molar refractivity (Wildman–Crippen MR) is 97.6 cm³/mol. The van der Waals surface area contributed by atoms with Gasteiger partial charge in [-0.05, 0) is 50.6 Å². The highest BCUT2D eigenvalue weighted by molar-refractivity contribution is 6.30. The third-order valence-corrected chi connectivity index (χ3v) is 3.78. The molecule has 0 bridgehead atoms. The molecule has 2 aromatic carbocycles. The summed E-state index contributed by atoms with van der Waals surface area (Å²) in [5, 5.41) is 0.446. The lowest BCUT2D eigenvalue weighted by Gasteiger charge is -2.23. The highest BCUT2D eigenvalue weighted by atomic mass is 35.5. The average molecular weight is 362 g/mol. The molecule has 0 heterocycles. The van der Waals surface area contributed by atoms with Crippen LogP contribution in [0.1, 0.15) is 29.8 Å². The van der Waals surface area contributed by atoms with Gasteiger partial charge >= 0.3 is 12.1 Å². The monoisotopic (exact) mass is 361 g/mol. The molecule has 1 amide bonds.